The molecule has 0 spiro atoms. The molecule has 0 aliphatic rings. The Morgan fingerprint density at radius 1 is 1.25 bits per heavy atom. The first-order valence-corrected chi connectivity index (χ1v) is 7.42. The Kier molecular flexibility index (Phi) is 4.55. The number of hydrogen-bond donors (Lipinski definition) is 1. The zero-order valence-electron chi connectivity index (χ0n) is 13.2. The van der Waals surface area contributed by atoms with Gasteiger partial charge in [-0.05, 0) is 5.56 Å². The Morgan fingerprint density at radius 3 is 2.79 bits per heavy atom. The molecule has 0 radical (unpaired) electrons. The average molecular weight is 327 g/mol. The number of rotatable bonds is 6. The molecule has 2 aromatic heterocycles. The van der Waals surface area contributed by atoms with Crippen LogP contribution in [0.25, 0.3) is 11.2 Å². The van der Waals surface area contributed by atoms with Crippen molar-refractivity contribution in [2.45, 2.75) is 20.1 Å². The van der Waals surface area contributed by atoms with Crippen molar-refractivity contribution in [1.82, 2.24) is 19.5 Å². The molecule has 8 nitrogen and oxygen atoms in total. The number of imidazole rings is 1. The molecule has 24 heavy (non-hydrogen) atoms. The second-order valence-electron chi connectivity index (χ2n) is 5.11. The molecule has 0 atom stereocenters. The van der Waals surface area contributed by atoms with Gasteiger partial charge in [0.25, 0.3) is 0 Å². The molecule has 0 amide bonds. The highest BCUT2D eigenvalue weighted by Gasteiger charge is 2.14. The molecule has 0 unspecified atom stereocenters. The standard InChI is InChI=1S/C16H17N5O3/c1-11(22)23-8-7-21-10-18-13-14(21)19-16(17)20-15(13)24-9-12-5-3-2-4-6-12/h2-6,10H,7-9H2,1H3,(H2,17,19,20). The molecular formula is C16H17N5O3. The summed E-state index contributed by atoms with van der Waals surface area (Å²) < 4.78 is 12.4. The molecule has 3 aromatic rings. The van der Waals surface area contributed by atoms with Gasteiger partial charge in [0, 0.05) is 6.92 Å². The molecule has 0 bridgehead atoms. The smallest absolute Gasteiger partial charge is 0.302 e. The van der Waals surface area contributed by atoms with Crippen LogP contribution in [-0.4, -0.2) is 32.1 Å². The largest absolute Gasteiger partial charge is 0.471 e. The van der Waals surface area contributed by atoms with E-state index in [1.54, 1.807) is 10.9 Å². The number of hydrogen-bond acceptors (Lipinski definition) is 7. The third-order valence-electron chi connectivity index (χ3n) is 3.31. The van der Waals surface area contributed by atoms with Crippen LogP contribution in [0.1, 0.15) is 12.5 Å². The van der Waals surface area contributed by atoms with Gasteiger partial charge < -0.3 is 19.8 Å². The van der Waals surface area contributed by atoms with Crippen LogP contribution < -0.4 is 10.5 Å². The van der Waals surface area contributed by atoms with Gasteiger partial charge in [0.15, 0.2) is 11.2 Å². The van der Waals surface area contributed by atoms with Crippen LogP contribution in [0.15, 0.2) is 36.7 Å². The molecule has 0 saturated carbocycles. The maximum absolute atomic E-state index is 10.9. The Balaban J connectivity index is 1.80. The molecule has 2 N–H and O–H groups in total. The Labute approximate surface area is 138 Å². The molecular weight excluding hydrogens is 310 g/mol. The van der Waals surface area contributed by atoms with E-state index < -0.39 is 0 Å². The lowest BCUT2D eigenvalue weighted by atomic mass is 10.2. The number of ether oxygens (including phenoxy) is 2. The number of nitrogen functional groups attached to an aromatic ring is 1. The highest BCUT2D eigenvalue weighted by Crippen LogP contribution is 2.22. The summed E-state index contributed by atoms with van der Waals surface area (Å²) in [6, 6.07) is 9.73. The van der Waals surface area contributed by atoms with Gasteiger partial charge in [-0.15, -0.1) is 0 Å². The van der Waals surface area contributed by atoms with Gasteiger partial charge in [-0.3, -0.25) is 4.79 Å². The van der Waals surface area contributed by atoms with Crippen LogP contribution in [0.3, 0.4) is 0 Å². The third kappa shape index (κ3) is 3.60. The molecule has 1 aromatic carbocycles. The van der Waals surface area contributed by atoms with Gasteiger partial charge in [0.05, 0.1) is 12.9 Å². The SMILES string of the molecule is CC(=O)OCCn1cnc2c(OCc3ccccc3)nc(N)nc21. The highest BCUT2D eigenvalue weighted by molar-refractivity contribution is 5.77. The van der Waals surface area contributed by atoms with E-state index in [1.807, 2.05) is 30.3 Å². The summed E-state index contributed by atoms with van der Waals surface area (Å²) in [4.78, 5) is 23.5. The molecule has 0 aliphatic heterocycles. The number of nitrogens with two attached hydrogens (primary N) is 1. The van der Waals surface area contributed by atoms with Crippen LogP contribution in [0.4, 0.5) is 5.95 Å². The second-order valence-corrected chi connectivity index (χ2v) is 5.11. The first-order chi connectivity index (χ1) is 11.6. The highest BCUT2D eigenvalue weighted by atomic mass is 16.5. The summed E-state index contributed by atoms with van der Waals surface area (Å²) in [5.41, 5.74) is 7.84. The Bertz CT molecular complexity index is 848. The number of anilines is 1. The van der Waals surface area contributed by atoms with Gasteiger partial charge in [-0.2, -0.15) is 9.97 Å². The number of aromatic nitrogens is 4. The third-order valence-corrected chi connectivity index (χ3v) is 3.31. The topological polar surface area (TPSA) is 105 Å². The second kappa shape index (κ2) is 6.95. The van der Waals surface area contributed by atoms with E-state index in [2.05, 4.69) is 15.0 Å². The van der Waals surface area contributed by atoms with E-state index in [1.165, 1.54) is 6.92 Å². The number of fused-ring (bicyclic) bond motifs is 1. The van der Waals surface area contributed by atoms with Crippen LogP contribution in [0, 0.1) is 0 Å². The Hall–Kier alpha value is -3.16. The monoisotopic (exact) mass is 327 g/mol. The lowest BCUT2D eigenvalue weighted by molar-refractivity contribution is -0.141. The van der Waals surface area contributed by atoms with Crippen molar-refractivity contribution in [2.75, 3.05) is 12.3 Å². The first kappa shape index (κ1) is 15.7. The van der Waals surface area contributed by atoms with E-state index in [-0.39, 0.29) is 18.5 Å². The van der Waals surface area contributed by atoms with Gasteiger partial charge in [0.1, 0.15) is 13.2 Å². The van der Waals surface area contributed by atoms with E-state index >= 15 is 0 Å². The summed E-state index contributed by atoms with van der Waals surface area (Å²) in [6.07, 6.45) is 1.59. The van der Waals surface area contributed by atoms with Crippen molar-refractivity contribution in [3.63, 3.8) is 0 Å². The molecule has 2 heterocycles. The Morgan fingerprint density at radius 2 is 2.04 bits per heavy atom. The fourth-order valence-electron chi connectivity index (χ4n) is 2.21. The lowest BCUT2D eigenvalue weighted by Crippen LogP contribution is -2.09. The molecule has 0 fully saturated rings. The molecule has 3 rings (SSSR count). The number of esters is 1. The number of carbonyl (C=O) groups is 1. The van der Waals surface area contributed by atoms with Crippen molar-refractivity contribution in [1.29, 1.82) is 0 Å². The predicted molar refractivity (Wildman–Crippen MR) is 87.1 cm³/mol. The molecule has 0 saturated heterocycles. The maximum atomic E-state index is 10.9. The first-order valence-electron chi connectivity index (χ1n) is 7.42. The van der Waals surface area contributed by atoms with Gasteiger partial charge in [-0.25, -0.2) is 4.98 Å². The summed E-state index contributed by atoms with van der Waals surface area (Å²) in [5.74, 6) is 0.0906. The summed E-state index contributed by atoms with van der Waals surface area (Å²) in [7, 11) is 0. The quantitative estimate of drug-likeness (QED) is 0.685. The van der Waals surface area contributed by atoms with Gasteiger partial charge >= 0.3 is 5.97 Å². The predicted octanol–water partition coefficient (Wildman–Crippen LogP) is 1.55. The molecule has 0 aliphatic carbocycles. The van der Waals surface area contributed by atoms with E-state index in [9.17, 15) is 4.79 Å². The average Bonchev–Trinajstić information content (AvgIpc) is 2.96. The minimum atomic E-state index is -0.333. The fourth-order valence-corrected chi connectivity index (χ4v) is 2.21. The van der Waals surface area contributed by atoms with Crippen LogP contribution in [0.5, 0.6) is 5.88 Å². The minimum absolute atomic E-state index is 0.0970. The van der Waals surface area contributed by atoms with Crippen molar-refractivity contribution < 1.29 is 14.3 Å². The van der Waals surface area contributed by atoms with Crippen molar-refractivity contribution in [2.24, 2.45) is 0 Å². The van der Waals surface area contributed by atoms with Crippen LogP contribution in [-0.2, 0) is 22.7 Å². The zero-order chi connectivity index (χ0) is 16.9. The molecule has 124 valence electrons. The van der Waals surface area contributed by atoms with E-state index in [0.29, 0.717) is 30.2 Å². The van der Waals surface area contributed by atoms with Gasteiger partial charge in [-0.1, -0.05) is 30.3 Å². The summed E-state index contributed by atoms with van der Waals surface area (Å²) >= 11 is 0. The maximum Gasteiger partial charge on any atom is 0.302 e. The van der Waals surface area contributed by atoms with Gasteiger partial charge in [0.2, 0.25) is 11.8 Å². The van der Waals surface area contributed by atoms with Crippen molar-refractivity contribution in [3.8, 4) is 5.88 Å². The lowest BCUT2D eigenvalue weighted by Gasteiger charge is -2.08. The van der Waals surface area contributed by atoms with E-state index in [0.717, 1.165) is 5.56 Å². The molecule has 8 heteroatoms. The van der Waals surface area contributed by atoms with Crippen LogP contribution >= 0.6 is 0 Å². The normalized spacial score (nSPS) is 10.7. The summed E-state index contributed by atoms with van der Waals surface area (Å²) in [5, 5.41) is 0. The van der Waals surface area contributed by atoms with Crippen molar-refractivity contribution >= 4 is 23.1 Å². The summed E-state index contributed by atoms with van der Waals surface area (Å²) in [6.45, 7) is 2.37. The number of carbonyl (C=O) groups excluding carboxylic acids is 1. The van der Waals surface area contributed by atoms with Crippen LogP contribution in [0.2, 0.25) is 0 Å². The number of nitrogens with zero attached hydrogens (tertiary/aromatic N) is 4. The van der Waals surface area contributed by atoms with E-state index in [4.69, 9.17) is 15.2 Å². The minimum Gasteiger partial charge on any atom is -0.471 e. The fraction of sp³-hybridized carbons (Fsp3) is 0.250. The zero-order valence-corrected chi connectivity index (χ0v) is 13.2. The van der Waals surface area contributed by atoms with Crippen molar-refractivity contribution in [3.05, 3.63) is 42.2 Å². The number of benzene rings is 1.